The Morgan fingerprint density at radius 2 is 2.25 bits per heavy atom. The first kappa shape index (κ1) is 12.6. The number of pyridine rings is 1. The molecule has 0 saturated carbocycles. The van der Waals surface area contributed by atoms with Crippen molar-refractivity contribution in [2.24, 2.45) is 0 Å². The van der Waals surface area contributed by atoms with Gasteiger partial charge >= 0.3 is 0 Å². The number of rotatable bonds is 1. The molecule has 0 radical (unpaired) electrons. The molecule has 5 heteroatoms. The van der Waals surface area contributed by atoms with E-state index in [9.17, 15) is 4.79 Å². The van der Waals surface area contributed by atoms with Crippen LogP contribution < -0.4 is 10.2 Å². The van der Waals surface area contributed by atoms with E-state index in [0.717, 1.165) is 23.0 Å². The van der Waals surface area contributed by atoms with Crippen molar-refractivity contribution in [3.63, 3.8) is 0 Å². The molecule has 1 aromatic heterocycles. The van der Waals surface area contributed by atoms with Crippen molar-refractivity contribution in [2.75, 3.05) is 24.5 Å². The number of piperazine rings is 1. The molecule has 1 aromatic carbocycles. The molecule has 3 rings (SSSR count). The van der Waals surface area contributed by atoms with E-state index >= 15 is 0 Å². The molecule has 0 bridgehead atoms. The lowest BCUT2D eigenvalue weighted by molar-refractivity contribution is -0.118. The molecule has 1 fully saturated rings. The van der Waals surface area contributed by atoms with E-state index in [1.165, 1.54) is 0 Å². The van der Waals surface area contributed by atoms with Crippen LogP contribution in [0.15, 0.2) is 24.3 Å². The Morgan fingerprint density at radius 1 is 1.40 bits per heavy atom. The molecule has 1 N–H and O–H groups in total. The topological polar surface area (TPSA) is 69.0 Å². The lowest BCUT2D eigenvalue weighted by Crippen LogP contribution is -2.48. The van der Waals surface area contributed by atoms with Gasteiger partial charge in [-0.25, -0.2) is 4.98 Å². The lowest BCUT2D eigenvalue weighted by atomic mass is 10.1. The molecule has 1 amide bonds. The highest BCUT2D eigenvalue weighted by molar-refractivity contribution is 5.96. The number of amides is 1. The van der Waals surface area contributed by atoms with Crippen LogP contribution in [0.2, 0.25) is 0 Å². The number of fused-ring (bicyclic) bond motifs is 1. The Labute approximate surface area is 116 Å². The third-order valence-corrected chi connectivity index (χ3v) is 3.51. The highest BCUT2D eigenvalue weighted by atomic mass is 16.2. The fraction of sp³-hybridized carbons (Fsp3) is 0.267. The van der Waals surface area contributed by atoms with Crippen LogP contribution in [0.4, 0.5) is 5.82 Å². The standard InChI is InChI=1S/C15H14N4O/c1-10-6-13-11(7-12(10)8-16)2-3-14(18-13)19-5-4-17-9-15(19)20/h2-3,6-7,17H,4-5,9H2,1H3. The lowest BCUT2D eigenvalue weighted by Gasteiger charge is -2.26. The Kier molecular flexibility index (Phi) is 3.09. The van der Waals surface area contributed by atoms with Crippen LogP contribution in [0.1, 0.15) is 11.1 Å². The monoisotopic (exact) mass is 266 g/mol. The second-order valence-electron chi connectivity index (χ2n) is 4.86. The Balaban J connectivity index is 2.07. The van der Waals surface area contributed by atoms with E-state index in [1.54, 1.807) is 4.90 Å². The number of anilines is 1. The summed E-state index contributed by atoms with van der Waals surface area (Å²) in [5.41, 5.74) is 2.37. The number of nitrogens with one attached hydrogen (secondary N) is 1. The number of hydrogen-bond acceptors (Lipinski definition) is 4. The number of aryl methyl sites for hydroxylation is 1. The van der Waals surface area contributed by atoms with Crippen molar-refractivity contribution in [2.45, 2.75) is 6.92 Å². The Hall–Kier alpha value is -2.45. The molecule has 2 aromatic rings. The number of benzene rings is 1. The third kappa shape index (κ3) is 2.10. The fourth-order valence-corrected chi connectivity index (χ4v) is 2.38. The average molecular weight is 266 g/mol. The first-order chi connectivity index (χ1) is 9.69. The van der Waals surface area contributed by atoms with Crippen molar-refractivity contribution in [3.05, 3.63) is 35.4 Å². The van der Waals surface area contributed by atoms with Crippen LogP contribution in [-0.4, -0.2) is 30.5 Å². The molecular weight excluding hydrogens is 252 g/mol. The van der Waals surface area contributed by atoms with Gasteiger partial charge in [0.2, 0.25) is 5.91 Å². The van der Waals surface area contributed by atoms with Gasteiger partial charge in [0, 0.05) is 18.5 Å². The Bertz CT molecular complexity index is 732. The number of nitrogens with zero attached hydrogens (tertiary/aromatic N) is 3. The fourth-order valence-electron chi connectivity index (χ4n) is 2.38. The maximum Gasteiger partial charge on any atom is 0.242 e. The van der Waals surface area contributed by atoms with E-state index in [2.05, 4.69) is 16.4 Å². The third-order valence-electron chi connectivity index (χ3n) is 3.51. The van der Waals surface area contributed by atoms with Crippen LogP contribution in [0.25, 0.3) is 10.9 Å². The van der Waals surface area contributed by atoms with Crippen molar-refractivity contribution in [3.8, 4) is 6.07 Å². The van der Waals surface area contributed by atoms with E-state index in [0.29, 0.717) is 24.5 Å². The van der Waals surface area contributed by atoms with Crippen LogP contribution in [-0.2, 0) is 4.79 Å². The van der Waals surface area contributed by atoms with Crippen molar-refractivity contribution < 1.29 is 4.79 Å². The van der Waals surface area contributed by atoms with Gasteiger partial charge in [0.25, 0.3) is 0 Å². The van der Waals surface area contributed by atoms with Crippen LogP contribution in [0, 0.1) is 18.3 Å². The van der Waals surface area contributed by atoms with E-state index < -0.39 is 0 Å². The predicted molar refractivity (Wildman–Crippen MR) is 76.4 cm³/mol. The molecule has 1 saturated heterocycles. The minimum Gasteiger partial charge on any atom is -0.307 e. The number of nitriles is 1. The molecule has 100 valence electrons. The summed E-state index contributed by atoms with van der Waals surface area (Å²) in [7, 11) is 0. The minimum atomic E-state index is 0.0356. The summed E-state index contributed by atoms with van der Waals surface area (Å²) in [4.78, 5) is 18.1. The molecule has 20 heavy (non-hydrogen) atoms. The largest absolute Gasteiger partial charge is 0.307 e. The van der Waals surface area contributed by atoms with Gasteiger partial charge in [0.1, 0.15) is 5.82 Å². The summed E-state index contributed by atoms with van der Waals surface area (Å²) >= 11 is 0. The normalized spacial score (nSPS) is 15.4. The first-order valence-electron chi connectivity index (χ1n) is 6.51. The molecule has 1 aliphatic rings. The SMILES string of the molecule is Cc1cc2nc(N3CCNCC3=O)ccc2cc1C#N. The molecule has 0 atom stereocenters. The molecule has 5 nitrogen and oxygen atoms in total. The highest BCUT2D eigenvalue weighted by Gasteiger charge is 2.20. The van der Waals surface area contributed by atoms with Crippen LogP contribution in [0.5, 0.6) is 0 Å². The van der Waals surface area contributed by atoms with Gasteiger partial charge in [0.15, 0.2) is 0 Å². The van der Waals surface area contributed by atoms with Gasteiger partial charge in [-0.1, -0.05) is 0 Å². The summed E-state index contributed by atoms with van der Waals surface area (Å²) in [5.74, 6) is 0.710. The average Bonchev–Trinajstić information content (AvgIpc) is 2.46. The smallest absolute Gasteiger partial charge is 0.242 e. The maximum atomic E-state index is 11.9. The molecule has 0 spiro atoms. The molecule has 0 unspecified atom stereocenters. The van der Waals surface area contributed by atoms with Gasteiger partial charge in [-0.05, 0) is 36.8 Å². The summed E-state index contributed by atoms with van der Waals surface area (Å²) in [5, 5.41) is 13.0. The summed E-state index contributed by atoms with van der Waals surface area (Å²) < 4.78 is 0. The molecule has 0 aliphatic carbocycles. The number of hydrogen-bond donors (Lipinski definition) is 1. The van der Waals surface area contributed by atoms with Crippen LogP contribution in [0.3, 0.4) is 0 Å². The first-order valence-corrected chi connectivity index (χ1v) is 6.51. The van der Waals surface area contributed by atoms with Crippen molar-refractivity contribution in [1.29, 1.82) is 5.26 Å². The predicted octanol–water partition coefficient (Wildman–Crippen LogP) is 1.35. The summed E-state index contributed by atoms with van der Waals surface area (Å²) in [6.45, 7) is 3.65. The number of carbonyl (C=O) groups is 1. The maximum absolute atomic E-state index is 11.9. The van der Waals surface area contributed by atoms with Gasteiger partial charge in [0.05, 0.1) is 23.7 Å². The van der Waals surface area contributed by atoms with E-state index in [-0.39, 0.29) is 5.91 Å². The second-order valence-corrected chi connectivity index (χ2v) is 4.86. The van der Waals surface area contributed by atoms with Gasteiger partial charge < -0.3 is 5.32 Å². The number of carbonyl (C=O) groups excluding carboxylic acids is 1. The highest BCUT2D eigenvalue weighted by Crippen LogP contribution is 2.22. The zero-order valence-electron chi connectivity index (χ0n) is 11.2. The van der Waals surface area contributed by atoms with Gasteiger partial charge in [-0.15, -0.1) is 0 Å². The zero-order chi connectivity index (χ0) is 14.1. The number of aromatic nitrogens is 1. The quantitative estimate of drug-likeness (QED) is 0.846. The van der Waals surface area contributed by atoms with E-state index in [1.807, 2.05) is 31.2 Å². The molecular formula is C15H14N4O. The van der Waals surface area contributed by atoms with Gasteiger partial charge in [-0.2, -0.15) is 5.26 Å². The molecule has 1 aliphatic heterocycles. The van der Waals surface area contributed by atoms with Crippen molar-refractivity contribution in [1.82, 2.24) is 10.3 Å². The Morgan fingerprint density at radius 3 is 3.00 bits per heavy atom. The van der Waals surface area contributed by atoms with E-state index in [4.69, 9.17) is 5.26 Å². The summed E-state index contributed by atoms with van der Waals surface area (Å²) in [6, 6.07) is 9.64. The molecule has 2 heterocycles. The van der Waals surface area contributed by atoms with Crippen LogP contribution >= 0.6 is 0 Å². The van der Waals surface area contributed by atoms with Gasteiger partial charge in [-0.3, -0.25) is 9.69 Å². The second kappa shape index (κ2) is 4.91. The minimum absolute atomic E-state index is 0.0356. The summed E-state index contributed by atoms with van der Waals surface area (Å²) in [6.07, 6.45) is 0. The zero-order valence-corrected chi connectivity index (χ0v) is 11.2. The van der Waals surface area contributed by atoms with Crippen molar-refractivity contribution >= 4 is 22.6 Å².